The van der Waals surface area contributed by atoms with Gasteiger partial charge in [-0.3, -0.25) is 19.4 Å². The van der Waals surface area contributed by atoms with Crippen LogP contribution in [-0.4, -0.2) is 27.5 Å². The van der Waals surface area contributed by atoms with Crippen LogP contribution in [0.3, 0.4) is 0 Å². The largest absolute Gasteiger partial charge is 0.459 e. The number of carbonyl (C=O) groups is 2. The molecule has 0 bridgehead atoms. The average Bonchev–Trinajstić information content (AvgIpc) is 3.30. The van der Waals surface area contributed by atoms with E-state index in [4.69, 9.17) is 4.42 Å². The summed E-state index contributed by atoms with van der Waals surface area (Å²) >= 11 is 0. The molecule has 0 saturated heterocycles. The summed E-state index contributed by atoms with van der Waals surface area (Å²) < 4.78 is 61.2. The fraction of sp³-hybridized carbons (Fsp3) is 0.111. The molecule has 160 valence electrons. The third-order valence-electron chi connectivity index (χ3n) is 4.61. The number of aromatic nitrogens is 2. The molecule has 2 amide bonds. The first-order chi connectivity index (χ1) is 14.6. The maximum absolute atomic E-state index is 14.2. The Morgan fingerprint density at radius 1 is 1.10 bits per heavy atom. The molecule has 1 atom stereocenters. The zero-order valence-corrected chi connectivity index (χ0v) is 15.0. The molecule has 0 fully saturated rings. The minimum atomic E-state index is -5.50. The van der Waals surface area contributed by atoms with Crippen LogP contribution in [0.2, 0.25) is 0 Å². The van der Waals surface area contributed by atoms with Crippen LogP contribution in [0.4, 0.5) is 23.4 Å². The van der Waals surface area contributed by atoms with Gasteiger partial charge in [-0.15, -0.1) is 0 Å². The summed E-state index contributed by atoms with van der Waals surface area (Å²) in [4.78, 5) is 51.4. The zero-order valence-electron chi connectivity index (χ0n) is 15.0. The lowest BCUT2D eigenvalue weighted by atomic mass is 9.91. The van der Waals surface area contributed by atoms with E-state index < -0.39 is 57.7 Å². The molecular weight excluding hydrogens is 428 g/mol. The Labute approximate surface area is 168 Å². The zero-order chi connectivity index (χ0) is 22.6. The molecule has 31 heavy (non-hydrogen) atoms. The summed E-state index contributed by atoms with van der Waals surface area (Å²) in [6, 6.07) is 6.23. The van der Waals surface area contributed by atoms with Crippen molar-refractivity contribution in [2.24, 2.45) is 0 Å². The number of benzene rings is 1. The number of anilines is 1. The van der Waals surface area contributed by atoms with E-state index in [1.807, 2.05) is 5.32 Å². The summed E-state index contributed by atoms with van der Waals surface area (Å²) in [7, 11) is 0. The highest BCUT2D eigenvalue weighted by atomic mass is 19.4. The number of amides is 2. The molecular formula is C18H10F4N4O5. The third kappa shape index (κ3) is 2.93. The number of H-pyrrole nitrogens is 1. The molecule has 1 aliphatic rings. The molecule has 0 radical (unpaired) electrons. The lowest BCUT2D eigenvalue weighted by molar-refractivity contribution is -0.196. The number of furan rings is 1. The molecule has 1 aromatic carbocycles. The molecule has 2 aromatic heterocycles. The van der Waals surface area contributed by atoms with Crippen molar-refractivity contribution in [2.75, 3.05) is 5.32 Å². The molecule has 1 aliphatic heterocycles. The standard InChI is InChI=1S/C18H10F4N4O5/c19-8-3-5-9(6-4-8)26-12-11(14(28)24-16(26)30)17(15(29)23-12,18(20,21)22)25-13(27)10-2-1-7-31-10/h1-7H,(H,23,29)(H,25,27)(H,24,28,30)/t17-/m1/s1. The van der Waals surface area contributed by atoms with Crippen molar-refractivity contribution in [1.29, 1.82) is 0 Å². The fourth-order valence-electron chi connectivity index (χ4n) is 3.25. The van der Waals surface area contributed by atoms with Crippen molar-refractivity contribution in [3.8, 4) is 5.69 Å². The van der Waals surface area contributed by atoms with E-state index >= 15 is 0 Å². The van der Waals surface area contributed by atoms with Crippen molar-refractivity contribution in [1.82, 2.24) is 14.9 Å². The monoisotopic (exact) mass is 438 g/mol. The van der Waals surface area contributed by atoms with Gasteiger partial charge >= 0.3 is 11.9 Å². The van der Waals surface area contributed by atoms with Gasteiger partial charge in [-0.05, 0) is 36.4 Å². The Balaban J connectivity index is 2.00. The molecule has 13 heteroatoms. The van der Waals surface area contributed by atoms with Crippen LogP contribution in [0, 0.1) is 5.82 Å². The number of hydrogen-bond donors (Lipinski definition) is 3. The van der Waals surface area contributed by atoms with Gasteiger partial charge in [0.2, 0.25) is 0 Å². The van der Waals surface area contributed by atoms with Crippen LogP contribution < -0.4 is 21.9 Å². The number of halogens is 4. The summed E-state index contributed by atoms with van der Waals surface area (Å²) in [5.74, 6) is -5.31. The number of nitrogens with one attached hydrogen (secondary N) is 3. The molecule has 3 aromatic rings. The second-order valence-corrected chi connectivity index (χ2v) is 6.43. The van der Waals surface area contributed by atoms with Crippen LogP contribution in [0.25, 0.3) is 5.69 Å². The number of fused-ring (bicyclic) bond motifs is 1. The fourth-order valence-corrected chi connectivity index (χ4v) is 3.25. The number of alkyl halides is 3. The minimum Gasteiger partial charge on any atom is -0.459 e. The van der Waals surface area contributed by atoms with Crippen molar-refractivity contribution in [2.45, 2.75) is 11.7 Å². The van der Waals surface area contributed by atoms with E-state index in [0.29, 0.717) is 4.57 Å². The number of nitrogens with zero attached hydrogens (tertiary/aromatic N) is 1. The molecule has 9 nitrogen and oxygen atoms in total. The van der Waals surface area contributed by atoms with E-state index in [2.05, 4.69) is 0 Å². The van der Waals surface area contributed by atoms with Crippen molar-refractivity contribution in [3.63, 3.8) is 0 Å². The van der Waals surface area contributed by atoms with E-state index in [1.54, 1.807) is 4.98 Å². The number of carbonyl (C=O) groups excluding carboxylic acids is 2. The summed E-state index contributed by atoms with van der Waals surface area (Å²) in [5, 5.41) is 3.38. The smallest absolute Gasteiger partial charge is 0.425 e. The van der Waals surface area contributed by atoms with Gasteiger partial charge in [0.1, 0.15) is 17.2 Å². The summed E-state index contributed by atoms with van der Waals surface area (Å²) in [5.41, 5.74) is -7.96. The summed E-state index contributed by atoms with van der Waals surface area (Å²) in [6.45, 7) is 0. The maximum atomic E-state index is 14.2. The molecule has 3 heterocycles. The molecule has 0 saturated carbocycles. The Morgan fingerprint density at radius 2 is 1.77 bits per heavy atom. The van der Waals surface area contributed by atoms with Crippen molar-refractivity contribution in [3.05, 3.63) is 80.6 Å². The Morgan fingerprint density at radius 3 is 2.35 bits per heavy atom. The molecule has 0 spiro atoms. The van der Waals surface area contributed by atoms with Gasteiger partial charge in [-0.25, -0.2) is 13.8 Å². The van der Waals surface area contributed by atoms with Crippen molar-refractivity contribution < 1.29 is 31.6 Å². The van der Waals surface area contributed by atoms with Crippen molar-refractivity contribution >= 4 is 17.6 Å². The highest BCUT2D eigenvalue weighted by Crippen LogP contribution is 2.45. The van der Waals surface area contributed by atoms with Gasteiger partial charge in [0.05, 0.1) is 12.0 Å². The SMILES string of the molecule is O=C(N[C@@]1(C(F)(F)F)C(=O)Nc2c1c(=O)[nH]c(=O)n2-c1ccc(F)cc1)c1ccco1. The molecule has 0 unspecified atom stereocenters. The normalized spacial score (nSPS) is 17.9. The van der Waals surface area contributed by atoms with Gasteiger partial charge in [0.25, 0.3) is 22.9 Å². The van der Waals surface area contributed by atoms with Crippen LogP contribution in [0.1, 0.15) is 16.1 Å². The predicted molar refractivity (Wildman–Crippen MR) is 95.2 cm³/mol. The molecule has 3 N–H and O–H groups in total. The van der Waals surface area contributed by atoms with Gasteiger partial charge in [-0.1, -0.05) is 0 Å². The van der Waals surface area contributed by atoms with Crippen LogP contribution in [0.15, 0.2) is 56.7 Å². The number of hydrogen-bond acceptors (Lipinski definition) is 5. The van der Waals surface area contributed by atoms with Gasteiger partial charge in [-0.2, -0.15) is 13.2 Å². The highest BCUT2D eigenvalue weighted by molar-refractivity contribution is 6.09. The lowest BCUT2D eigenvalue weighted by Gasteiger charge is -2.29. The van der Waals surface area contributed by atoms with Crippen LogP contribution in [-0.2, 0) is 10.3 Å². The first kappa shape index (κ1) is 20.1. The second kappa shape index (κ2) is 6.68. The minimum absolute atomic E-state index is 0.144. The van der Waals surface area contributed by atoms with E-state index in [9.17, 15) is 36.7 Å². The quantitative estimate of drug-likeness (QED) is 0.533. The second-order valence-electron chi connectivity index (χ2n) is 6.43. The van der Waals surface area contributed by atoms with Gasteiger partial charge < -0.3 is 15.1 Å². The molecule has 0 aliphatic carbocycles. The Kier molecular flexibility index (Phi) is 4.34. The number of aromatic amines is 1. The summed E-state index contributed by atoms with van der Waals surface area (Å²) in [6.07, 6.45) is -4.47. The van der Waals surface area contributed by atoms with Gasteiger partial charge in [0.15, 0.2) is 5.76 Å². The highest BCUT2D eigenvalue weighted by Gasteiger charge is 2.68. The van der Waals surface area contributed by atoms with E-state index in [0.717, 1.165) is 36.6 Å². The topological polar surface area (TPSA) is 126 Å². The average molecular weight is 438 g/mol. The Bertz CT molecular complexity index is 1310. The van der Waals surface area contributed by atoms with E-state index in [-0.39, 0.29) is 5.69 Å². The maximum Gasteiger partial charge on any atom is 0.425 e. The first-order valence-electron chi connectivity index (χ1n) is 8.46. The Hall–Kier alpha value is -4.16. The first-order valence-corrected chi connectivity index (χ1v) is 8.46. The number of rotatable bonds is 3. The lowest BCUT2D eigenvalue weighted by Crippen LogP contribution is -2.62. The molecule has 4 rings (SSSR count). The van der Waals surface area contributed by atoms with E-state index in [1.165, 1.54) is 11.4 Å². The van der Waals surface area contributed by atoms with Crippen LogP contribution in [0.5, 0.6) is 0 Å². The van der Waals surface area contributed by atoms with Gasteiger partial charge in [0, 0.05) is 0 Å². The third-order valence-corrected chi connectivity index (χ3v) is 4.61. The van der Waals surface area contributed by atoms with Crippen LogP contribution >= 0.6 is 0 Å². The predicted octanol–water partition coefficient (Wildman–Crippen LogP) is 1.40.